The molecular formula is C16H17NO4. The molecule has 0 saturated heterocycles. The van der Waals surface area contributed by atoms with Gasteiger partial charge in [-0.25, -0.2) is 0 Å². The van der Waals surface area contributed by atoms with Gasteiger partial charge in [-0.2, -0.15) is 0 Å². The van der Waals surface area contributed by atoms with Crippen molar-refractivity contribution in [3.8, 4) is 5.75 Å². The van der Waals surface area contributed by atoms with Crippen LogP contribution < -0.4 is 4.74 Å². The number of carboxylic acid groups (broad SMARTS) is 1. The predicted molar refractivity (Wildman–Crippen MR) is 80.0 cm³/mol. The first-order valence-corrected chi connectivity index (χ1v) is 6.46. The van der Waals surface area contributed by atoms with Crippen LogP contribution in [0.3, 0.4) is 0 Å². The highest BCUT2D eigenvalue weighted by molar-refractivity contribution is 6.04. The average molecular weight is 287 g/mol. The Labute approximate surface area is 122 Å². The number of fused-ring (bicyclic) bond motifs is 1. The summed E-state index contributed by atoms with van der Waals surface area (Å²) in [4.78, 5) is 23.4. The van der Waals surface area contributed by atoms with E-state index in [9.17, 15) is 9.59 Å². The molecule has 0 spiro atoms. The number of carbonyl (C=O) groups is 2. The number of aliphatic carboxylic acids is 1. The molecule has 2 rings (SSSR count). The van der Waals surface area contributed by atoms with E-state index in [0.717, 1.165) is 0 Å². The van der Waals surface area contributed by atoms with Gasteiger partial charge in [0.15, 0.2) is 0 Å². The molecule has 0 aliphatic rings. The summed E-state index contributed by atoms with van der Waals surface area (Å²) in [7, 11) is 1.54. The number of allylic oxidation sites excluding steroid dienone is 1. The minimum atomic E-state index is -0.942. The second-order valence-corrected chi connectivity index (χ2v) is 4.94. The van der Waals surface area contributed by atoms with Crippen molar-refractivity contribution in [1.29, 1.82) is 0 Å². The van der Waals surface area contributed by atoms with Crippen LogP contribution in [0.4, 0.5) is 0 Å². The maximum atomic E-state index is 12.3. The summed E-state index contributed by atoms with van der Waals surface area (Å²) in [5.74, 6) is -0.559. The molecule has 1 heterocycles. The van der Waals surface area contributed by atoms with Gasteiger partial charge in [-0.15, -0.1) is 0 Å². The van der Waals surface area contributed by atoms with Crippen molar-refractivity contribution < 1.29 is 19.4 Å². The highest BCUT2D eigenvalue weighted by Gasteiger charge is 2.20. The number of nitrogens with zero attached hydrogens (tertiary/aromatic N) is 1. The van der Waals surface area contributed by atoms with Crippen molar-refractivity contribution in [3.05, 3.63) is 41.6 Å². The molecule has 1 aromatic carbocycles. The van der Waals surface area contributed by atoms with Gasteiger partial charge in [0.1, 0.15) is 5.75 Å². The molecule has 0 aliphatic carbocycles. The summed E-state index contributed by atoms with van der Waals surface area (Å²) < 4.78 is 6.69. The van der Waals surface area contributed by atoms with E-state index in [1.165, 1.54) is 4.57 Å². The third kappa shape index (κ3) is 2.54. The zero-order chi connectivity index (χ0) is 15.7. The molecule has 0 radical (unpaired) electrons. The molecule has 1 aromatic heterocycles. The van der Waals surface area contributed by atoms with Gasteiger partial charge in [0.05, 0.1) is 19.0 Å². The zero-order valence-electron chi connectivity index (χ0n) is 12.3. The van der Waals surface area contributed by atoms with Gasteiger partial charge in [0.25, 0.3) is 5.91 Å². The van der Waals surface area contributed by atoms with Gasteiger partial charge in [0.2, 0.25) is 0 Å². The SMILES string of the molecule is C=C(C)C(=O)n1c(C)c(CC(=O)O)c2cc(OC)ccc21. The lowest BCUT2D eigenvalue weighted by molar-refractivity contribution is -0.136. The van der Waals surface area contributed by atoms with Gasteiger partial charge >= 0.3 is 5.97 Å². The van der Waals surface area contributed by atoms with Crippen LogP contribution in [0.1, 0.15) is 23.0 Å². The molecule has 1 N–H and O–H groups in total. The minimum Gasteiger partial charge on any atom is -0.497 e. The standard InChI is InChI=1S/C16H17NO4/c1-9(2)16(20)17-10(3)12(8-15(18)19)13-7-11(21-4)5-6-14(13)17/h5-7H,1,8H2,2-4H3,(H,18,19). The van der Waals surface area contributed by atoms with E-state index in [-0.39, 0.29) is 12.3 Å². The maximum Gasteiger partial charge on any atom is 0.307 e. The first kappa shape index (κ1) is 14.8. The molecule has 0 bridgehead atoms. The lowest BCUT2D eigenvalue weighted by Gasteiger charge is -2.06. The van der Waals surface area contributed by atoms with E-state index in [2.05, 4.69) is 6.58 Å². The molecule has 110 valence electrons. The van der Waals surface area contributed by atoms with Crippen LogP contribution in [0, 0.1) is 6.92 Å². The molecule has 5 heteroatoms. The Morgan fingerprint density at radius 3 is 2.57 bits per heavy atom. The highest BCUT2D eigenvalue weighted by Crippen LogP contribution is 2.30. The summed E-state index contributed by atoms with van der Waals surface area (Å²) in [6.07, 6.45) is -0.147. The average Bonchev–Trinajstić information content (AvgIpc) is 2.69. The molecule has 0 saturated carbocycles. The van der Waals surface area contributed by atoms with Crippen LogP contribution >= 0.6 is 0 Å². The smallest absolute Gasteiger partial charge is 0.307 e. The van der Waals surface area contributed by atoms with Crippen LogP contribution in [0.25, 0.3) is 10.9 Å². The fourth-order valence-corrected chi connectivity index (χ4v) is 2.42. The van der Waals surface area contributed by atoms with Gasteiger partial charge in [-0.3, -0.25) is 14.2 Å². The number of carboxylic acids is 1. The van der Waals surface area contributed by atoms with Crippen LogP contribution in [0.5, 0.6) is 5.75 Å². The topological polar surface area (TPSA) is 68.5 Å². The van der Waals surface area contributed by atoms with Gasteiger partial charge in [-0.1, -0.05) is 6.58 Å². The van der Waals surface area contributed by atoms with E-state index < -0.39 is 5.97 Å². The number of benzene rings is 1. The largest absolute Gasteiger partial charge is 0.497 e. The summed E-state index contributed by atoms with van der Waals surface area (Å²) >= 11 is 0. The fraction of sp³-hybridized carbons (Fsp3) is 0.250. The van der Waals surface area contributed by atoms with Crippen molar-refractivity contribution in [3.63, 3.8) is 0 Å². The molecule has 0 unspecified atom stereocenters. The number of ether oxygens (including phenoxy) is 1. The lowest BCUT2D eigenvalue weighted by Crippen LogP contribution is -2.13. The Morgan fingerprint density at radius 1 is 1.38 bits per heavy atom. The molecule has 2 aromatic rings. The number of hydrogen-bond donors (Lipinski definition) is 1. The first-order chi connectivity index (χ1) is 9.86. The summed E-state index contributed by atoms with van der Waals surface area (Å²) in [5, 5.41) is 9.80. The highest BCUT2D eigenvalue weighted by atomic mass is 16.5. The van der Waals surface area contributed by atoms with Crippen LogP contribution in [-0.2, 0) is 11.2 Å². The van der Waals surface area contributed by atoms with Crippen molar-refractivity contribution >= 4 is 22.8 Å². The summed E-state index contributed by atoms with van der Waals surface area (Å²) in [6, 6.07) is 5.25. The first-order valence-electron chi connectivity index (χ1n) is 6.46. The van der Waals surface area contributed by atoms with E-state index in [1.54, 1.807) is 39.2 Å². The van der Waals surface area contributed by atoms with E-state index in [1.807, 2.05) is 0 Å². The normalized spacial score (nSPS) is 10.6. The molecule has 21 heavy (non-hydrogen) atoms. The molecule has 5 nitrogen and oxygen atoms in total. The Balaban J connectivity index is 2.80. The Kier molecular flexibility index (Phi) is 3.84. The summed E-state index contributed by atoms with van der Waals surface area (Å²) in [6.45, 7) is 7.05. The number of carbonyl (C=O) groups excluding carboxylic acids is 1. The van der Waals surface area contributed by atoms with Crippen LogP contribution in [0.2, 0.25) is 0 Å². The second-order valence-electron chi connectivity index (χ2n) is 4.94. The van der Waals surface area contributed by atoms with E-state index in [4.69, 9.17) is 9.84 Å². The van der Waals surface area contributed by atoms with Gasteiger partial charge < -0.3 is 9.84 Å². The number of rotatable bonds is 4. The van der Waals surface area contributed by atoms with Crippen molar-refractivity contribution in [2.45, 2.75) is 20.3 Å². The Morgan fingerprint density at radius 2 is 2.05 bits per heavy atom. The minimum absolute atomic E-state index is 0.147. The Bertz CT molecular complexity index is 755. The lowest BCUT2D eigenvalue weighted by atomic mass is 10.1. The molecule has 0 atom stereocenters. The van der Waals surface area contributed by atoms with Crippen LogP contribution in [0.15, 0.2) is 30.4 Å². The fourth-order valence-electron chi connectivity index (χ4n) is 2.42. The quantitative estimate of drug-likeness (QED) is 0.878. The third-order valence-electron chi connectivity index (χ3n) is 3.44. The molecule has 0 aliphatic heterocycles. The van der Waals surface area contributed by atoms with E-state index in [0.29, 0.717) is 33.5 Å². The number of methoxy groups -OCH3 is 1. The molecular weight excluding hydrogens is 270 g/mol. The molecule has 0 fully saturated rings. The van der Waals surface area contributed by atoms with Crippen molar-refractivity contribution in [1.82, 2.24) is 4.57 Å². The van der Waals surface area contributed by atoms with E-state index >= 15 is 0 Å². The number of aromatic nitrogens is 1. The number of hydrogen-bond acceptors (Lipinski definition) is 3. The van der Waals surface area contributed by atoms with Crippen molar-refractivity contribution in [2.24, 2.45) is 0 Å². The predicted octanol–water partition coefficient (Wildman–Crippen LogP) is 2.80. The molecule has 0 amide bonds. The van der Waals surface area contributed by atoms with Crippen molar-refractivity contribution in [2.75, 3.05) is 7.11 Å². The second kappa shape index (κ2) is 5.44. The van der Waals surface area contributed by atoms with Gasteiger partial charge in [0, 0.05) is 16.7 Å². The third-order valence-corrected chi connectivity index (χ3v) is 3.44. The zero-order valence-corrected chi connectivity index (χ0v) is 12.3. The Hall–Kier alpha value is -2.56. The summed E-state index contributed by atoms with van der Waals surface area (Å²) in [5.41, 5.74) is 2.30. The van der Waals surface area contributed by atoms with Gasteiger partial charge in [-0.05, 0) is 37.6 Å². The monoisotopic (exact) mass is 287 g/mol. The van der Waals surface area contributed by atoms with Crippen LogP contribution in [-0.4, -0.2) is 28.7 Å². The maximum absolute atomic E-state index is 12.3.